The highest BCUT2D eigenvalue weighted by Crippen LogP contribution is 2.21. The lowest BCUT2D eigenvalue weighted by atomic mass is 10.1. The number of likely N-dealkylation sites (N-methyl/N-ethyl adjacent to an activating group) is 1. The molecule has 36 heavy (non-hydrogen) atoms. The number of hydrogen-bond donors (Lipinski definition) is 1. The van der Waals surface area contributed by atoms with E-state index in [0.717, 1.165) is 20.6 Å². The van der Waals surface area contributed by atoms with Gasteiger partial charge in [0.25, 0.3) is 0 Å². The molecule has 3 aromatic rings. The molecule has 1 N–H and O–H groups in total. The van der Waals surface area contributed by atoms with Gasteiger partial charge in [-0.3, -0.25) is 9.59 Å². The lowest BCUT2D eigenvalue weighted by Crippen LogP contribution is -2.54. The van der Waals surface area contributed by atoms with Crippen LogP contribution in [-0.2, 0) is 26.0 Å². The maximum atomic E-state index is 13.4. The Morgan fingerprint density at radius 2 is 1.53 bits per heavy atom. The highest BCUT2D eigenvalue weighted by molar-refractivity contribution is 7.89. The van der Waals surface area contributed by atoms with Crippen molar-refractivity contribution in [2.45, 2.75) is 50.6 Å². The molecule has 0 saturated heterocycles. The Morgan fingerprint density at radius 1 is 0.917 bits per heavy atom. The molecular formula is C28H35N3O4S. The Bertz CT molecular complexity index is 1320. The number of carbonyl (C=O) groups is 2. The second kappa shape index (κ2) is 11.2. The lowest BCUT2D eigenvalue weighted by Gasteiger charge is -2.32. The van der Waals surface area contributed by atoms with E-state index in [4.69, 9.17) is 0 Å². The number of hydrogen-bond acceptors (Lipinski definition) is 4. The summed E-state index contributed by atoms with van der Waals surface area (Å²) in [4.78, 5) is 27.9. The highest BCUT2D eigenvalue weighted by Gasteiger charge is 2.31. The highest BCUT2D eigenvalue weighted by atomic mass is 32.2. The van der Waals surface area contributed by atoms with E-state index in [-0.39, 0.29) is 23.9 Å². The normalized spacial score (nSPS) is 12.9. The maximum Gasteiger partial charge on any atom is 0.243 e. The molecule has 192 valence electrons. The number of rotatable bonds is 9. The second-order valence-electron chi connectivity index (χ2n) is 10.0. The quantitative estimate of drug-likeness (QED) is 0.475. The number of nitrogens with one attached hydrogen (secondary N) is 1. The molecule has 2 amide bonds. The van der Waals surface area contributed by atoms with Crippen LogP contribution in [0.5, 0.6) is 0 Å². The smallest absolute Gasteiger partial charge is 0.243 e. The number of fused-ring (bicyclic) bond motifs is 1. The molecule has 0 aliphatic carbocycles. The molecule has 0 radical (unpaired) electrons. The van der Waals surface area contributed by atoms with Crippen molar-refractivity contribution in [2.24, 2.45) is 0 Å². The van der Waals surface area contributed by atoms with Crippen molar-refractivity contribution in [3.8, 4) is 0 Å². The average Bonchev–Trinajstić information content (AvgIpc) is 2.83. The zero-order chi connectivity index (χ0) is 26.5. The summed E-state index contributed by atoms with van der Waals surface area (Å²) in [5.74, 6) is -0.724. The maximum absolute atomic E-state index is 13.4. The Labute approximate surface area is 214 Å². The van der Waals surface area contributed by atoms with Gasteiger partial charge in [-0.15, -0.1) is 0 Å². The standard InChI is InChI=1S/C28H35N3O4S/c1-21(27(33)29-28(2,3)4)31(18-17-22-11-7-6-8-12-22)26(32)20-30(5)36(34,35)25-16-15-23-13-9-10-14-24(23)19-25/h6-16,19,21H,17-18,20H2,1-5H3,(H,29,33)/t21-/m0/s1. The van der Waals surface area contributed by atoms with Crippen molar-refractivity contribution in [1.82, 2.24) is 14.5 Å². The van der Waals surface area contributed by atoms with Crippen molar-refractivity contribution < 1.29 is 18.0 Å². The Balaban J connectivity index is 1.81. The molecule has 0 fully saturated rings. The van der Waals surface area contributed by atoms with E-state index in [9.17, 15) is 18.0 Å². The molecule has 0 unspecified atom stereocenters. The van der Waals surface area contributed by atoms with Gasteiger partial charge in [0.15, 0.2) is 0 Å². The Kier molecular flexibility index (Phi) is 8.53. The van der Waals surface area contributed by atoms with Crippen LogP contribution in [0.15, 0.2) is 77.7 Å². The predicted octanol–water partition coefficient (Wildman–Crippen LogP) is 3.83. The van der Waals surface area contributed by atoms with Crippen molar-refractivity contribution in [3.63, 3.8) is 0 Å². The summed E-state index contributed by atoms with van der Waals surface area (Å²) in [6.45, 7) is 7.19. The Hall–Kier alpha value is -3.23. The first-order chi connectivity index (χ1) is 16.9. The minimum atomic E-state index is -3.92. The molecule has 0 aliphatic rings. The molecule has 3 rings (SSSR count). The topological polar surface area (TPSA) is 86.8 Å². The van der Waals surface area contributed by atoms with Gasteiger partial charge in [-0.05, 0) is 62.6 Å². The van der Waals surface area contributed by atoms with E-state index in [1.807, 2.05) is 75.4 Å². The van der Waals surface area contributed by atoms with Crippen molar-refractivity contribution >= 4 is 32.6 Å². The fraction of sp³-hybridized carbons (Fsp3) is 0.357. The number of benzene rings is 3. The molecule has 3 aromatic carbocycles. The summed E-state index contributed by atoms with van der Waals surface area (Å²) in [6.07, 6.45) is 0.543. The van der Waals surface area contributed by atoms with Gasteiger partial charge in [-0.2, -0.15) is 4.31 Å². The molecule has 0 spiro atoms. The number of amides is 2. The number of sulfonamides is 1. The monoisotopic (exact) mass is 509 g/mol. The lowest BCUT2D eigenvalue weighted by molar-refractivity contribution is -0.140. The molecule has 0 aliphatic heterocycles. The first-order valence-electron chi connectivity index (χ1n) is 12.0. The van der Waals surface area contributed by atoms with E-state index in [1.54, 1.807) is 25.1 Å². The molecule has 1 atom stereocenters. The van der Waals surface area contributed by atoms with Crippen LogP contribution in [0.4, 0.5) is 0 Å². The summed E-state index contributed by atoms with van der Waals surface area (Å²) in [7, 11) is -2.53. The van der Waals surface area contributed by atoms with Crippen LogP contribution in [0, 0.1) is 0 Å². The summed E-state index contributed by atoms with van der Waals surface area (Å²) >= 11 is 0. The minimum Gasteiger partial charge on any atom is -0.350 e. The summed E-state index contributed by atoms with van der Waals surface area (Å²) in [6, 6.07) is 21.3. The first kappa shape index (κ1) is 27.4. The van der Waals surface area contributed by atoms with E-state index >= 15 is 0 Å². The van der Waals surface area contributed by atoms with Crippen molar-refractivity contribution in [3.05, 3.63) is 78.4 Å². The van der Waals surface area contributed by atoms with Crippen LogP contribution >= 0.6 is 0 Å². The zero-order valence-electron chi connectivity index (χ0n) is 21.6. The van der Waals surface area contributed by atoms with E-state index in [0.29, 0.717) is 6.42 Å². The first-order valence-corrected chi connectivity index (χ1v) is 13.4. The number of nitrogens with zero attached hydrogens (tertiary/aromatic N) is 2. The van der Waals surface area contributed by atoms with Crippen molar-refractivity contribution in [2.75, 3.05) is 20.1 Å². The van der Waals surface area contributed by atoms with Crippen LogP contribution in [0.25, 0.3) is 10.8 Å². The van der Waals surface area contributed by atoms with Crippen LogP contribution in [0.1, 0.15) is 33.3 Å². The van der Waals surface area contributed by atoms with Gasteiger partial charge < -0.3 is 10.2 Å². The zero-order valence-corrected chi connectivity index (χ0v) is 22.4. The van der Waals surface area contributed by atoms with Gasteiger partial charge in [0.05, 0.1) is 11.4 Å². The van der Waals surface area contributed by atoms with Crippen LogP contribution in [0.2, 0.25) is 0 Å². The minimum absolute atomic E-state index is 0.117. The van der Waals surface area contributed by atoms with Gasteiger partial charge >= 0.3 is 0 Å². The third-order valence-corrected chi connectivity index (χ3v) is 7.74. The fourth-order valence-corrected chi connectivity index (χ4v) is 5.07. The van der Waals surface area contributed by atoms with Crippen LogP contribution in [0.3, 0.4) is 0 Å². The molecule has 0 bridgehead atoms. The predicted molar refractivity (Wildman–Crippen MR) is 143 cm³/mol. The summed E-state index contributed by atoms with van der Waals surface area (Å²) in [5.41, 5.74) is 0.561. The van der Waals surface area contributed by atoms with Crippen LogP contribution in [-0.4, -0.2) is 61.2 Å². The largest absolute Gasteiger partial charge is 0.350 e. The third kappa shape index (κ3) is 6.92. The molecular weight excluding hydrogens is 474 g/mol. The molecule has 8 heteroatoms. The summed E-state index contributed by atoms with van der Waals surface area (Å²) < 4.78 is 27.6. The number of carbonyl (C=O) groups excluding carboxylic acids is 2. The molecule has 7 nitrogen and oxygen atoms in total. The van der Waals surface area contributed by atoms with E-state index in [2.05, 4.69) is 5.32 Å². The molecule has 0 heterocycles. The third-order valence-electron chi connectivity index (χ3n) is 5.94. The van der Waals surface area contributed by atoms with Gasteiger partial charge in [0, 0.05) is 19.1 Å². The van der Waals surface area contributed by atoms with Gasteiger partial charge in [-0.25, -0.2) is 8.42 Å². The van der Waals surface area contributed by atoms with Crippen LogP contribution < -0.4 is 5.32 Å². The van der Waals surface area contributed by atoms with E-state index in [1.165, 1.54) is 11.9 Å². The van der Waals surface area contributed by atoms with Crippen molar-refractivity contribution in [1.29, 1.82) is 0 Å². The average molecular weight is 510 g/mol. The van der Waals surface area contributed by atoms with E-state index < -0.39 is 27.5 Å². The molecule has 0 saturated carbocycles. The van der Waals surface area contributed by atoms with Gasteiger partial charge in [-0.1, -0.05) is 60.7 Å². The van der Waals surface area contributed by atoms with Gasteiger partial charge in [0.2, 0.25) is 21.8 Å². The van der Waals surface area contributed by atoms with Gasteiger partial charge in [0.1, 0.15) is 6.04 Å². The summed E-state index contributed by atoms with van der Waals surface area (Å²) in [5, 5.41) is 4.65. The second-order valence-corrected chi connectivity index (χ2v) is 12.1. The Morgan fingerprint density at radius 3 is 2.17 bits per heavy atom. The molecule has 0 aromatic heterocycles. The fourth-order valence-electron chi connectivity index (χ4n) is 3.92. The SMILES string of the molecule is C[C@@H](C(=O)NC(C)(C)C)N(CCc1ccccc1)C(=O)CN(C)S(=O)(=O)c1ccc2ccccc2c1.